The Hall–Kier alpha value is -5.91. The number of carbonyl (C=O) groups is 11. The van der Waals surface area contributed by atoms with Gasteiger partial charge in [0.05, 0.1) is 51.9 Å². The molecule has 544 valence electrons. The third-order valence-corrected chi connectivity index (χ3v) is 23.6. The van der Waals surface area contributed by atoms with Gasteiger partial charge in [-0.05, 0) is 207 Å². The first kappa shape index (κ1) is 75.3. The van der Waals surface area contributed by atoms with Gasteiger partial charge in [-0.15, -0.1) is 0 Å². The van der Waals surface area contributed by atoms with E-state index in [2.05, 4.69) is 0 Å². The monoisotopic (exact) mass is 1370 g/mol. The van der Waals surface area contributed by atoms with Crippen LogP contribution in [-0.2, 0) is 114 Å². The fraction of sp³-hybridized carbons (Fsp3) is 0.849. The third kappa shape index (κ3) is 18.6. The molecule has 97 heavy (non-hydrogen) atoms. The highest BCUT2D eigenvalue weighted by atomic mass is 16.7. The topological polar surface area (TPSA) is 308 Å². The van der Waals surface area contributed by atoms with E-state index in [-0.39, 0.29) is 134 Å². The number of fused-ring (bicyclic) bond motifs is 4. The lowest BCUT2D eigenvalue weighted by atomic mass is 9.65. The molecule has 0 aromatic heterocycles. The molecule has 8 saturated carbocycles. The predicted octanol–water partition coefficient (Wildman–Crippen LogP) is 9.55. The summed E-state index contributed by atoms with van der Waals surface area (Å²) < 4.78 is 70.6. The molecule has 8 heterocycles. The van der Waals surface area contributed by atoms with E-state index in [1.807, 2.05) is 69.2 Å². The van der Waals surface area contributed by atoms with Gasteiger partial charge in [-0.3, -0.25) is 38.4 Å². The van der Waals surface area contributed by atoms with Gasteiger partial charge in [0.15, 0.2) is 20.0 Å². The molecular weight excluding hydrogens is 1260 g/mol. The van der Waals surface area contributed by atoms with Crippen LogP contribution in [0.2, 0.25) is 0 Å². The van der Waals surface area contributed by atoms with E-state index in [0.717, 1.165) is 96.3 Å². The molecule has 0 radical (unpaired) electrons. The molecular formula is C73H108O24. The zero-order valence-corrected chi connectivity index (χ0v) is 59.3. The van der Waals surface area contributed by atoms with Crippen molar-refractivity contribution in [3.8, 4) is 0 Å². The standard InChI is InChI=1S/C20H28O8.C20H30O7.C17H26O5.C16H24O4/c1-4-20(2,3)19(24)26-9-15(21)25-10-16(22)28-17-12-5-11-6-13(8-12)18(23)27-14(17)7-11;1-4-20(2,3)19(23)25-6-5-24-11-16(21)27-17-13-7-12-8-14(10-13)18(22)26-15(17)9-12;1-4-17(2,3)16(19)21-9-20-14-11-5-10-6-12(8-11)15(18)22-13(14)7-10;1-4-15(2,3)14(18)20-16-7-10-5-11(8-16)13(17)19-12(6-10)9-16/h11-14,17H,4-10H2,1-3H3;12-15,17H,4-11H2,1-3H3;10-14H,4-9H2,1-3H3;10-12H,4-9H2,1-3H3. The summed E-state index contributed by atoms with van der Waals surface area (Å²) in [5, 5.41) is 0. The first-order valence-corrected chi connectivity index (χ1v) is 36.0. The summed E-state index contributed by atoms with van der Waals surface area (Å²) in [5.41, 5.74) is -2.60. The SMILES string of the molecule is CCC(C)(C)C(=O)OC12CC3CC(C1)OC(=O)C(C3)C2.CCC(C)(C)C(=O)OCC(=O)OCC(=O)OC1C2CC3CC(C2)C(=O)OC1C3.CCC(C)(C)C(=O)OCCOCC(=O)OC1C2CC3CC(C2)C(=O)OC1C3.CCC(C)(C)C(=O)OCOC1C2CC3CC(C2)C(=O)OC1C3. The molecule has 8 aliphatic carbocycles. The minimum atomic E-state index is -0.814. The summed E-state index contributed by atoms with van der Waals surface area (Å²) in [7, 11) is 0. The Labute approximate surface area is 570 Å². The van der Waals surface area contributed by atoms with Crippen LogP contribution in [0.5, 0.6) is 0 Å². The Morgan fingerprint density at radius 2 is 0.804 bits per heavy atom. The molecule has 24 nitrogen and oxygen atoms in total. The zero-order valence-electron chi connectivity index (χ0n) is 59.3. The second-order valence-corrected chi connectivity index (χ2v) is 32.5. The number of carbonyl (C=O) groups excluding carboxylic acids is 11. The Kier molecular flexibility index (Phi) is 24.3. The summed E-state index contributed by atoms with van der Waals surface area (Å²) in [6.07, 6.45) is 15.3. The molecule has 16 fully saturated rings. The molecule has 16 rings (SSSR count). The van der Waals surface area contributed by atoms with E-state index in [0.29, 0.717) is 68.1 Å². The van der Waals surface area contributed by atoms with Crippen molar-refractivity contribution in [2.45, 2.75) is 266 Å². The maximum atomic E-state index is 12.4. The van der Waals surface area contributed by atoms with Crippen molar-refractivity contribution < 1.29 is 114 Å². The van der Waals surface area contributed by atoms with E-state index in [9.17, 15) is 52.7 Å². The van der Waals surface area contributed by atoms with Crippen molar-refractivity contribution in [1.29, 1.82) is 0 Å². The average Bonchev–Trinajstić information content (AvgIpc) is 1.73. The van der Waals surface area contributed by atoms with Gasteiger partial charge >= 0.3 is 65.7 Å². The average molecular weight is 1370 g/mol. The van der Waals surface area contributed by atoms with Crippen molar-refractivity contribution in [3.05, 3.63) is 0 Å². The summed E-state index contributed by atoms with van der Waals surface area (Å²) in [4.78, 5) is 132. The van der Waals surface area contributed by atoms with Crippen LogP contribution in [0.15, 0.2) is 0 Å². The Balaban J connectivity index is 0.000000153. The molecule has 0 N–H and O–H groups in total. The lowest BCUT2D eigenvalue weighted by molar-refractivity contribution is -0.190. The van der Waals surface area contributed by atoms with Crippen molar-refractivity contribution in [1.82, 2.24) is 0 Å². The molecule has 0 aromatic rings. The Bertz CT molecular complexity index is 2890. The number of ether oxygens (including phenoxy) is 13. The molecule has 24 heteroatoms. The predicted molar refractivity (Wildman–Crippen MR) is 341 cm³/mol. The molecule has 19 atom stereocenters. The van der Waals surface area contributed by atoms with Gasteiger partial charge in [0.25, 0.3) is 0 Å². The summed E-state index contributed by atoms with van der Waals surface area (Å²) in [6.45, 7) is 21.3. The van der Waals surface area contributed by atoms with Crippen molar-refractivity contribution in [3.63, 3.8) is 0 Å². The third-order valence-electron chi connectivity index (χ3n) is 23.6. The first-order chi connectivity index (χ1) is 45.7. The normalized spacial score (nSPS) is 34.3. The first-order valence-electron chi connectivity index (χ1n) is 36.0. The molecule has 0 aromatic carbocycles. The second kappa shape index (κ2) is 31.3. The van der Waals surface area contributed by atoms with Crippen LogP contribution in [0.1, 0.15) is 218 Å². The maximum Gasteiger partial charge on any atom is 0.344 e. The fourth-order valence-corrected chi connectivity index (χ4v) is 16.6. The Morgan fingerprint density at radius 3 is 1.30 bits per heavy atom. The second-order valence-electron chi connectivity index (χ2n) is 32.5. The van der Waals surface area contributed by atoms with Gasteiger partial charge in [-0.1, -0.05) is 27.7 Å². The Morgan fingerprint density at radius 1 is 0.392 bits per heavy atom. The number of rotatable bonds is 23. The highest BCUT2D eigenvalue weighted by Crippen LogP contribution is 2.54. The summed E-state index contributed by atoms with van der Waals surface area (Å²) in [5.74, 6) is -1.12. The van der Waals surface area contributed by atoms with Crippen LogP contribution < -0.4 is 0 Å². The maximum absolute atomic E-state index is 12.4. The van der Waals surface area contributed by atoms with Crippen LogP contribution in [0.25, 0.3) is 0 Å². The van der Waals surface area contributed by atoms with Crippen LogP contribution in [0, 0.1) is 86.8 Å². The largest absolute Gasteiger partial charge is 0.463 e. The smallest absolute Gasteiger partial charge is 0.344 e. The van der Waals surface area contributed by atoms with E-state index in [4.69, 9.17) is 61.6 Å². The van der Waals surface area contributed by atoms with Gasteiger partial charge < -0.3 is 61.6 Å². The molecule has 16 aliphatic rings. The minimum Gasteiger partial charge on any atom is -0.463 e. The lowest BCUT2D eigenvalue weighted by Gasteiger charge is -2.46. The molecule has 0 amide bonds. The van der Waals surface area contributed by atoms with Crippen molar-refractivity contribution in [2.24, 2.45) is 86.8 Å². The van der Waals surface area contributed by atoms with E-state index in [1.54, 1.807) is 13.8 Å². The molecule has 0 spiro atoms. The van der Waals surface area contributed by atoms with Crippen molar-refractivity contribution >= 4 is 65.7 Å². The van der Waals surface area contributed by atoms with Gasteiger partial charge in [0.2, 0.25) is 0 Å². The van der Waals surface area contributed by atoms with Gasteiger partial charge in [0, 0.05) is 24.7 Å². The number of esters is 11. The molecule has 8 aliphatic heterocycles. The lowest BCUT2D eigenvalue weighted by Crippen LogP contribution is -2.49. The zero-order chi connectivity index (χ0) is 70.5. The highest BCUT2D eigenvalue weighted by molar-refractivity contribution is 5.82. The van der Waals surface area contributed by atoms with Crippen LogP contribution in [-0.4, -0.2) is 154 Å². The van der Waals surface area contributed by atoms with Gasteiger partial charge in [-0.2, -0.15) is 0 Å². The van der Waals surface area contributed by atoms with E-state index >= 15 is 0 Å². The molecule has 16 bridgehead atoms. The molecule has 8 saturated heterocycles. The molecule has 19 unspecified atom stereocenters. The number of hydrogen-bond acceptors (Lipinski definition) is 24. The summed E-state index contributed by atoms with van der Waals surface area (Å²) >= 11 is 0. The minimum absolute atomic E-state index is 0.0410. The van der Waals surface area contributed by atoms with Crippen LogP contribution in [0.3, 0.4) is 0 Å². The van der Waals surface area contributed by atoms with Gasteiger partial charge in [-0.25, -0.2) is 14.4 Å². The fourth-order valence-electron chi connectivity index (χ4n) is 16.6. The highest BCUT2D eigenvalue weighted by Gasteiger charge is 2.57. The van der Waals surface area contributed by atoms with E-state index in [1.165, 1.54) is 0 Å². The summed E-state index contributed by atoms with van der Waals surface area (Å²) in [6, 6.07) is 0. The van der Waals surface area contributed by atoms with Gasteiger partial charge in [0.1, 0.15) is 61.5 Å². The number of hydrogen-bond donors (Lipinski definition) is 0. The van der Waals surface area contributed by atoms with Crippen molar-refractivity contribution in [2.75, 3.05) is 39.8 Å². The van der Waals surface area contributed by atoms with Crippen LogP contribution >= 0.6 is 0 Å². The quantitative estimate of drug-likeness (QED) is 0.0398. The van der Waals surface area contributed by atoms with Crippen LogP contribution in [0.4, 0.5) is 0 Å². The van der Waals surface area contributed by atoms with E-state index < -0.39 is 76.6 Å².